The fourth-order valence-electron chi connectivity index (χ4n) is 3.04. The molecule has 0 amide bonds. The third kappa shape index (κ3) is 2.73. The smallest absolute Gasteiger partial charge is 0.0550 e. The molecule has 1 spiro atoms. The monoisotopic (exact) mass is 211 g/mol. The maximum absolute atomic E-state index is 9.39. The van der Waals surface area contributed by atoms with Crippen LogP contribution in [0.2, 0.25) is 0 Å². The van der Waals surface area contributed by atoms with Crippen LogP contribution in [0.1, 0.15) is 46.0 Å². The summed E-state index contributed by atoms with van der Waals surface area (Å²) in [4.78, 5) is 2.61. The first-order chi connectivity index (χ1) is 7.10. The fraction of sp³-hybridized carbons (Fsp3) is 1.00. The number of hydrogen-bond acceptors (Lipinski definition) is 2. The predicted molar refractivity (Wildman–Crippen MR) is 62.8 cm³/mol. The Morgan fingerprint density at radius 2 is 1.87 bits per heavy atom. The molecule has 1 saturated carbocycles. The van der Waals surface area contributed by atoms with Crippen LogP contribution in [-0.4, -0.2) is 35.7 Å². The van der Waals surface area contributed by atoms with Crippen molar-refractivity contribution in [1.82, 2.24) is 4.90 Å². The van der Waals surface area contributed by atoms with Crippen molar-refractivity contribution in [3.05, 3.63) is 0 Å². The zero-order valence-electron chi connectivity index (χ0n) is 10.2. The van der Waals surface area contributed by atoms with Crippen LogP contribution in [0.3, 0.4) is 0 Å². The molecule has 0 aromatic rings. The Balaban J connectivity index is 1.68. The molecule has 88 valence electrons. The normalized spacial score (nSPS) is 27.2. The molecular weight excluding hydrogens is 186 g/mol. The summed E-state index contributed by atoms with van der Waals surface area (Å²) in [7, 11) is 0. The van der Waals surface area contributed by atoms with E-state index < -0.39 is 0 Å². The second-order valence-electron chi connectivity index (χ2n) is 6.09. The molecule has 0 atom stereocenters. The Morgan fingerprint density at radius 1 is 1.27 bits per heavy atom. The summed E-state index contributed by atoms with van der Waals surface area (Å²) < 4.78 is 0. The van der Waals surface area contributed by atoms with Crippen LogP contribution in [0.15, 0.2) is 0 Å². The summed E-state index contributed by atoms with van der Waals surface area (Å²) in [6, 6.07) is 0. The molecule has 1 heterocycles. The van der Waals surface area contributed by atoms with Crippen molar-refractivity contribution in [2.75, 3.05) is 19.6 Å². The van der Waals surface area contributed by atoms with E-state index in [2.05, 4.69) is 18.7 Å². The van der Waals surface area contributed by atoms with Gasteiger partial charge < -0.3 is 10.0 Å². The summed E-state index contributed by atoms with van der Waals surface area (Å²) >= 11 is 0. The fourth-order valence-corrected chi connectivity index (χ4v) is 3.04. The van der Waals surface area contributed by atoms with Gasteiger partial charge in [0, 0.05) is 0 Å². The van der Waals surface area contributed by atoms with Gasteiger partial charge in [-0.1, -0.05) is 13.8 Å². The van der Waals surface area contributed by atoms with Gasteiger partial charge in [0.05, 0.1) is 6.10 Å². The van der Waals surface area contributed by atoms with E-state index in [9.17, 15) is 5.11 Å². The van der Waals surface area contributed by atoms with E-state index in [4.69, 9.17) is 0 Å². The van der Waals surface area contributed by atoms with Crippen molar-refractivity contribution in [1.29, 1.82) is 0 Å². The summed E-state index contributed by atoms with van der Waals surface area (Å²) in [5.74, 6) is 0.825. The van der Waals surface area contributed by atoms with Crippen molar-refractivity contribution < 1.29 is 5.11 Å². The molecule has 15 heavy (non-hydrogen) atoms. The lowest BCUT2D eigenvalue weighted by Gasteiger charge is -2.50. The molecule has 1 aliphatic heterocycles. The van der Waals surface area contributed by atoms with E-state index in [1.54, 1.807) is 0 Å². The van der Waals surface area contributed by atoms with Gasteiger partial charge in [0.2, 0.25) is 0 Å². The van der Waals surface area contributed by atoms with Gasteiger partial charge in [-0.05, 0) is 63.1 Å². The van der Waals surface area contributed by atoms with Crippen molar-refractivity contribution in [3.63, 3.8) is 0 Å². The summed E-state index contributed by atoms with van der Waals surface area (Å²) in [5.41, 5.74) is 0.549. The zero-order valence-corrected chi connectivity index (χ0v) is 10.2. The highest BCUT2D eigenvalue weighted by Gasteiger charge is 2.44. The van der Waals surface area contributed by atoms with Crippen LogP contribution in [0.5, 0.6) is 0 Å². The van der Waals surface area contributed by atoms with Crippen molar-refractivity contribution in [2.24, 2.45) is 11.3 Å². The van der Waals surface area contributed by atoms with Gasteiger partial charge >= 0.3 is 0 Å². The molecule has 2 nitrogen and oxygen atoms in total. The van der Waals surface area contributed by atoms with Crippen molar-refractivity contribution in [2.45, 2.75) is 52.1 Å². The van der Waals surface area contributed by atoms with Crippen LogP contribution >= 0.6 is 0 Å². The minimum absolute atomic E-state index is 0.0206. The topological polar surface area (TPSA) is 23.5 Å². The molecule has 0 bridgehead atoms. The van der Waals surface area contributed by atoms with Crippen LogP contribution in [0.4, 0.5) is 0 Å². The Kier molecular flexibility index (Phi) is 3.36. The Hall–Kier alpha value is -0.0800. The number of aliphatic hydroxyl groups excluding tert-OH is 1. The lowest BCUT2D eigenvalue weighted by molar-refractivity contribution is -0.0681. The standard InChI is InChI=1S/C13H25NO/c1-11(2)3-6-14-7-4-13(5-8-14)9-12(15)10-13/h11-12,15H,3-10H2,1-2H3. The minimum atomic E-state index is 0.0206. The first-order valence-electron chi connectivity index (χ1n) is 6.50. The van der Waals surface area contributed by atoms with Gasteiger partial charge in [-0.15, -0.1) is 0 Å². The van der Waals surface area contributed by atoms with Crippen LogP contribution < -0.4 is 0 Å². The maximum Gasteiger partial charge on any atom is 0.0550 e. The molecule has 1 saturated heterocycles. The number of piperidine rings is 1. The largest absolute Gasteiger partial charge is 0.393 e. The average Bonchev–Trinajstić information content (AvgIpc) is 2.15. The molecule has 0 aromatic heterocycles. The summed E-state index contributed by atoms with van der Waals surface area (Å²) in [5, 5.41) is 9.39. The van der Waals surface area contributed by atoms with Crippen LogP contribution in [0.25, 0.3) is 0 Å². The lowest BCUT2D eigenvalue weighted by atomic mass is 9.61. The predicted octanol–water partition coefficient (Wildman–Crippen LogP) is 2.27. The Morgan fingerprint density at radius 3 is 2.33 bits per heavy atom. The third-order valence-electron chi connectivity index (χ3n) is 4.28. The van der Waals surface area contributed by atoms with E-state index >= 15 is 0 Å². The molecule has 2 rings (SSSR count). The zero-order chi connectivity index (χ0) is 10.9. The van der Waals surface area contributed by atoms with Crippen molar-refractivity contribution >= 4 is 0 Å². The van der Waals surface area contributed by atoms with Gasteiger partial charge in [0.15, 0.2) is 0 Å². The first kappa shape index (κ1) is 11.4. The highest BCUT2D eigenvalue weighted by Crippen LogP contribution is 2.48. The molecule has 2 fully saturated rings. The van der Waals surface area contributed by atoms with Gasteiger partial charge in [-0.2, -0.15) is 0 Å². The highest BCUT2D eigenvalue weighted by atomic mass is 16.3. The average molecular weight is 211 g/mol. The molecule has 2 heteroatoms. The van der Waals surface area contributed by atoms with Crippen molar-refractivity contribution in [3.8, 4) is 0 Å². The van der Waals surface area contributed by atoms with E-state index in [0.717, 1.165) is 18.8 Å². The Labute approximate surface area is 93.7 Å². The summed E-state index contributed by atoms with van der Waals surface area (Å²) in [6.07, 6.45) is 6.14. The maximum atomic E-state index is 9.39. The second kappa shape index (κ2) is 4.42. The van der Waals surface area contributed by atoms with Gasteiger partial charge in [0.25, 0.3) is 0 Å². The number of rotatable bonds is 3. The Bertz CT molecular complexity index is 199. The molecule has 2 aliphatic rings. The van der Waals surface area contributed by atoms with E-state index in [-0.39, 0.29) is 6.10 Å². The SMILES string of the molecule is CC(C)CCN1CCC2(CC1)CC(O)C2. The number of nitrogens with zero attached hydrogens (tertiary/aromatic N) is 1. The van der Waals surface area contributed by atoms with Crippen LogP contribution in [0, 0.1) is 11.3 Å². The number of likely N-dealkylation sites (tertiary alicyclic amines) is 1. The summed E-state index contributed by atoms with van der Waals surface area (Å²) in [6.45, 7) is 8.40. The number of hydrogen-bond donors (Lipinski definition) is 1. The lowest BCUT2D eigenvalue weighted by Crippen LogP contribution is -2.49. The van der Waals surface area contributed by atoms with E-state index in [1.165, 1.54) is 38.9 Å². The quantitative estimate of drug-likeness (QED) is 0.774. The van der Waals surface area contributed by atoms with E-state index in [0.29, 0.717) is 5.41 Å². The van der Waals surface area contributed by atoms with Gasteiger partial charge in [-0.25, -0.2) is 0 Å². The molecular formula is C13H25NO. The molecule has 0 radical (unpaired) electrons. The third-order valence-corrected chi connectivity index (χ3v) is 4.28. The molecule has 0 unspecified atom stereocenters. The van der Waals surface area contributed by atoms with Gasteiger partial charge in [0.1, 0.15) is 0 Å². The molecule has 1 N–H and O–H groups in total. The van der Waals surface area contributed by atoms with Crippen LogP contribution in [-0.2, 0) is 0 Å². The van der Waals surface area contributed by atoms with E-state index in [1.807, 2.05) is 0 Å². The van der Waals surface area contributed by atoms with Gasteiger partial charge in [-0.3, -0.25) is 0 Å². The number of aliphatic hydroxyl groups is 1. The second-order valence-corrected chi connectivity index (χ2v) is 6.09. The molecule has 1 aliphatic carbocycles. The molecule has 0 aromatic carbocycles. The first-order valence-corrected chi connectivity index (χ1v) is 6.50. The minimum Gasteiger partial charge on any atom is -0.393 e. The highest BCUT2D eigenvalue weighted by molar-refractivity contribution is 4.96.